The lowest BCUT2D eigenvalue weighted by atomic mass is 9.32. The molecule has 0 aliphatic heterocycles. The zero-order valence-electron chi connectivity index (χ0n) is 23.7. The van der Waals surface area contributed by atoms with Crippen molar-refractivity contribution in [3.8, 4) is 0 Å². The van der Waals surface area contributed by atoms with E-state index >= 15 is 0 Å². The number of nitrogens with two attached hydrogens (primary N) is 1. The van der Waals surface area contributed by atoms with Crippen LogP contribution in [0.25, 0.3) is 0 Å². The second kappa shape index (κ2) is 6.97. The molecule has 5 aliphatic carbocycles. The van der Waals surface area contributed by atoms with Gasteiger partial charge in [0, 0.05) is 22.3 Å². The highest BCUT2D eigenvalue weighted by Crippen LogP contribution is 2.75. The summed E-state index contributed by atoms with van der Waals surface area (Å²) in [7, 11) is 0. The highest BCUT2D eigenvalue weighted by molar-refractivity contribution is 6.01. The number of amides is 1. The summed E-state index contributed by atoms with van der Waals surface area (Å²) in [5, 5.41) is 17.0. The quantitative estimate of drug-likeness (QED) is 0.537. The van der Waals surface area contributed by atoms with Crippen LogP contribution in [0.5, 0.6) is 0 Å². The Hall–Kier alpha value is -1.95. The first-order valence-corrected chi connectivity index (χ1v) is 14.2. The molecule has 1 aromatic heterocycles. The summed E-state index contributed by atoms with van der Waals surface area (Å²) < 4.78 is 5.76. The molecule has 6 nitrogen and oxygen atoms in total. The van der Waals surface area contributed by atoms with E-state index in [0.29, 0.717) is 31.6 Å². The van der Waals surface area contributed by atoms with Crippen molar-refractivity contribution in [2.75, 3.05) is 0 Å². The van der Waals surface area contributed by atoms with E-state index < -0.39 is 22.3 Å². The summed E-state index contributed by atoms with van der Waals surface area (Å²) in [6, 6.07) is 0. The lowest BCUT2D eigenvalue weighted by Gasteiger charge is -2.71. The number of hydrogen-bond donors (Lipinski definition) is 2. The van der Waals surface area contributed by atoms with Gasteiger partial charge in [-0.25, -0.2) is 0 Å². The van der Waals surface area contributed by atoms with Gasteiger partial charge < -0.3 is 15.4 Å². The standard InChI is InChI=1S/C31H44N2O4/c1-25(2)10-12-30(24(32)35)13-11-29(7)28(6)9-8-19-26(3,4)23-18(17-33-37-23)15-27(19,5)20(28)14-22(34)31(29,36)21(30)16-25/h14,17,19,21,36H,8-13,15-16H2,1-7H3,(H2,32,35)/t19-,21+,27-,28+,29-,30-,31+/m0/s1. The Morgan fingerprint density at radius 2 is 1.70 bits per heavy atom. The van der Waals surface area contributed by atoms with Crippen LogP contribution in [0, 0.1) is 38.9 Å². The van der Waals surface area contributed by atoms with Gasteiger partial charge in [0.15, 0.2) is 5.78 Å². The van der Waals surface area contributed by atoms with E-state index in [4.69, 9.17) is 10.3 Å². The maximum absolute atomic E-state index is 14.4. The number of nitrogens with zero attached hydrogens (tertiary/aromatic N) is 1. The average Bonchev–Trinajstić information content (AvgIpc) is 3.26. The SMILES string of the molecule is CC1(C)CC[C@]2(C(N)=O)CC[C@@]3(C)[C@]4(C)CC[C@H]5C(C)(C)c6oncc6C[C@]5(C)C4=CC(=O)[C@]3(O)[C@@H]2C1. The fourth-order valence-electron chi connectivity index (χ4n) is 10.7. The second-order valence-corrected chi connectivity index (χ2v) is 15.4. The fourth-order valence-corrected chi connectivity index (χ4v) is 10.7. The molecule has 0 aromatic carbocycles. The smallest absolute Gasteiger partial charge is 0.224 e. The van der Waals surface area contributed by atoms with Crippen molar-refractivity contribution in [1.29, 1.82) is 0 Å². The minimum absolute atomic E-state index is 0.0650. The van der Waals surface area contributed by atoms with Crippen LogP contribution in [0.4, 0.5) is 0 Å². The number of aromatic nitrogens is 1. The lowest BCUT2D eigenvalue weighted by molar-refractivity contribution is -0.243. The van der Waals surface area contributed by atoms with E-state index in [1.807, 2.05) is 12.3 Å². The number of fused-ring (bicyclic) bond motifs is 8. The molecule has 0 radical (unpaired) electrons. The first kappa shape index (κ1) is 25.3. The monoisotopic (exact) mass is 508 g/mol. The van der Waals surface area contributed by atoms with Gasteiger partial charge in [-0.1, -0.05) is 59.2 Å². The van der Waals surface area contributed by atoms with Crippen LogP contribution in [0.15, 0.2) is 22.4 Å². The molecule has 202 valence electrons. The van der Waals surface area contributed by atoms with Gasteiger partial charge in [0.25, 0.3) is 0 Å². The molecule has 1 aromatic rings. The van der Waals surface area contributed by atoms with Crippen LogP contribution < -0.4 is 5.73 Å². The molecule has 3 saturated carbocycles. The highest BCUT2D eigenvalue weighted by atomic mass is 16.5. The van der Waals surface area contributed by atoms with Crippen LogP contribution in [-0.2, 0) is 21.4 Å². The number of carbonyl (C=O) groups is 2. The van der Waals surface area contributed by atoms with E-state index in [2.05, 4.69) is 53.6 Å². The largest absolute Gasteiger partial charge is 0.381 e. The van der Waals surface area contributed by atoms with Gasteiger partial charge in [-0.15, -0.1) is 0 Å². The van der Waals surface area contributed by atoms with Gasteiger partial charge in [-0.2, -0.15) is 0 Å². The van der Waals surface area contributed by atoms with Crippen molar-refractivity contribution in [2.45, 2.75) is 111 Å². The number of allylic oxidation sites excluding steroid dienone is 1. The Morgan fingerprint density at radius 3 is 2.38 bits per heavy atom. The summed E-state index contributed by atoms with van der Waals surface area (Å²) in [4.78, 5) is 27.5. The number of rotatable bonds is 1. The predicted molar refractivity (Wildman–Crippen MR) is 140 cm³/mol. The van der Waals surface area contributed by atoms with E-state index in [9.17, 15) is 14.7 Å². The van der Waals surface area contributed by atoms with Crippen LogP contribution in [0.1, 0.15) is 105 Å². The zero-order valence-corrected chi connectivity index (χ0v) is 23.7. The molecular weight excluding hydrogens is 464 g/mol. The normalized spacial score (nSPS) is 47.5. The maximum Gasteiger partial charge on any atom is 0.224 e. The molecule has 3 N–H and O–H groups in total. The molecule has 6 rings (SSSR count). The summed E-state index contributed by atoms with van der Waals surface area (Å²) in [6.07, 6.45) is 9.72. The molecule has 0 unspecified atom stereocenters. The molecule has 1 heterocycles. The van der Waals surface area contributed by atoms with E-state index in [1.54, 1.807) is 0 Å². The summed E-state index contributed by atoms with van der Waals surface area (Å²) >= 11 is 0. The molecular formula is C31H44N2O4. The predicted octanol–water partition coefficient (Wildman–Crippen LogP) is 5.27. The Labute approximate surface area is 220 Å². The molecule has 3 fully saturated rings. The van der Waals surface area contributed by atoms with Gasteiger partial charge >= 0.3 is 0 Å². The van der Waals surface area contributed by atoms with Crippen molar-refractivity contribution in [3.05, 3.63) is 29.2 Å². The number of aliphatic hydroxyl groups is 1. The Kier molecular flexibility index (Phi) is 4.77. The van der Waals surface area contributed by atoms with E-state index in [-0.39, 0.29) is 33.4 Å². The molecule has 37 heavy (non-hydrogen) atoms. The Balaban J connectivity index is 1.55. The first-order chi connectivity index (χ1) is 17.0. The minimum atomic E-state index is -1.62. The number of ketones is 1. The van der Waals surface area contributed by atoms with Crippen LogP contribution >= 0.6 is 0 Å². The fraction of sp³-hybridized carbons (Fsp3) is 0.774. The van der Waals surface area contributed by atoms with Gasteiger partial charge in [0.2, 0.25) is 5.91 Å². The number of hydrogen-bond acceptors (Lipinski definition) is 5. The second-order valence-electron chi connectivity index (χ2n) is 15.4. The zero-order chi connectivity index (χ0) is 27.0. The summed E-state index contributed by atoms with van der Waals surface area (Å²) in [5.74, 6) is 0.231. The van der Waals surface area contributed by atoms with Crippen LogP contribution in [0.3, 0.4) is 0 Å². The average molecular weight is 509 g/mol. The molecule has 0 spiro atoms. The third kappa shape index (κ3) is 2.69. The molecule has 7 atom stereocenters. The summed E-state index contributed by atoms with van der Waals surface area (Å²) in [5.41, 5.74) is 4.38. The van der Waals surface area contributed by atoms with Crippen molar-refractivity contribution < 1.29 is 19.2 Å². The third-order valence-electron chi connectivity index (χ3n) is 13.0. The van der Waals surface area contributed by atoms with E-state index in [0.717, 1.165) is 37.0 Å². The summed E-state index contributed by atoms with van der Waals surface area (Å²) in [6.45, 7) is 15.6. The molecule has 5 aliphatic rings. The lowest BCUT2D eigenvalue weighted by Crippen LogP contribution is -2.75. The molecule has 6 heteroatoms. The molecule has 1 amide bonds. The molecule has 0 bridgehead atoms. The van der Waals surface area contributed by atoms with Gasteiger partial charge in [0.05, 0.1) is 11.6 Å². The van der Waals surface area contributed by atoms with Crippen molar-refractivity contribution in [2.24, 2.45) is 44.6 Å². The van der Waals surface area contributed by atoms with E-state index in [1.165, 1.54) is 5.57 Å². The van der Waals surface area contributed by atoms with Gasteiger partial charge in [-0.3, -0.25) is 9.59 Å². The van der Waals surface area contributed by atoms with Crippen molar-refractivity contribution in [1.82, 2.24) is 5.16 Å². The van der Waals surface area contributed by atoms with Crippen molar-refractivity contribution >= 4 is 11.7 Å². The van der Waals surface area contributed by atoms with Gasteiger partial charge in [-0.05, 0) is 79.6 Å². The number of primary amides is 1. The van der Waals surface area contributed by atoms with Gasteiger partial charge in [0.1, 0.15) is 11.4 Å². The maximum atomic E-state index is 14.4. The van der Waals surface area contributed by atoms with Crippen LogP contribution in [-0.4, -0.2) is 27.6 Å². The minimum Gasteiger partial charge on any atom is -0.381 e. The Bertz CT molecular complexity index is 1240. The van der Waals surface area contributed by atoms with Crippen LogP contribution in [0.2, 0.25) is 0 Å². The first-order valence-electron chi connectivity index (χ1n) is 14.2. The topological polar surface area (TPSA) is 106 Å². The van der Waals surface area contributed by atoms with Crippen molar-refractivity contribution in [3.63, 3.8) is 0 Å². The Morgan fingerprint density at radius 1 is 1.03 bits per heavy atom. The number of carbonyl (C=O) groups excluding carboxylic acids is 2. The third-order valence-corrected chi connectivity index (χ3v) is 13.0. The highest BCUT2D eigenvalue weighted by Gasteiger charge is 2.76. The molecule has 0 saturated heterocycles.